The van der Waals surface area contributed by atoms with Crippen molar-refractivity contribution in [3.63, 3.8) is 0 Å². The Kier molecular flexibility index (Phi) is 7.12. The number of benzene rings is 3. The number of likely N-dealkylation sites (tertiary alicyclic amines) is 1. The van der Waals surface area contributed by atoms with Crippen molar-refractivity contribution in [2.75, 3.05) is 11.9 Å². The Hall–Kier alpha value is -3.68. The third kappa shape index (κ3) is 4.61. The van der Waals surface area contributed by atoms with Crippen LogP contribution in [0.3, 0.4) is 0 Å². The van der Waals surface area contributed by atoms with Gasteiger partial charge >= 0.3 is 5.97 Å². The van der Waals surface area contributed by atoms with Crippen LogP contribution in [-0.4, -0.2) is 41.2 Å². The summed E-state index contributed by atoms with van der Waals surface area (Å²) in [6.45, 7) is 3.21. The van der Waals surface area contributed by atoms with E-state index in [9.17, 15) is 19.2 Å². The molecule has 3 aliphatic carbocycles. The van der Waals surface area contributed by atoms with Crippen LogP contribution in [0.15, 0.2) is 66.7 Å². The van der Waals surface area contributed by atoms with Crippen LogP contribution in [0.5, 0.6) is 0 Å². The predicted molar refractivity (Wildman–Crippen MR) is 155 cm³/mol. The minimum absolute atomic E-state index is 0.0244. The summed E-state index contributed by atoms with van der Waals surface area (Å²) >= 11 is 12.0. The molecule has 1 saturated heterocycles. The van der Waals surface area contributed by atoms with Crippen LogP contribution in [0.2, 0.25) is 10.0 Å². The molecule has 7 rings (SSSR count). The summed E-state index contributed by atoms with van der Waals surface area (Å²) < 4.78 is 5.39. The number of nitrogens with one attached hydrogen (secondary N) is 1. The van der Waals surface area contributed by atoms with Gasteiger partial charge in [0.15, 0.2) is 6.61 Å². The number of imide groups is 1. The van der Waals surface area contributed by atoms with Crippen LogP contribution in [0, 0.1) is 17.8 Å². The molecule has 0 unspecified atom stereocenters. The van der Waals surface area contributed by atoms with E-state index in [2.05, 4.69) is 5.32 Å². The molecule has 0 aromatic heterocycles. The van der Waals surface area contributed by atoms with Gasteiger partial charge in [0, 0.05) is 16.9 Å². The van der Waals surface area contributed by atoms with Crippen molar-refractivity contribution in [3.8, 4) is 0 Å². The Morgan fingerprint density at radius 1 is 0.854 bits per heavy atom. The van der Waals surface area contributed by atoms with Gasteiger partial charge in [-0.15, -0.1) is 0 Å². The fourth-order valence-corrected chi connectivity index (χ4v) is 7.23. The number of carbonyl (C=O) groups excluding carboxylic acids is 4. The molecule has 1 fully saturated rings. The Balaban J connectivity index is 1.26. The highest BCUT2D eigenvalue weighted by Crippen LogP contribution is 2.61. The second kappa shape index (κ2) is 10.6. The van der Waals surface area contributed by atoms with Crippen molar-refractivity contribution in [1.29, 1.82) is 0 Å². The van der Waals surface area contributed by atoms with Crippen molar-refractivity contribution in [3.05, 3.63) is 99.0 Å². The molecule has 0 saturated carbocycles. The highest BCUT2D eigenvalue weighted by molar-refractivity contribution is 6.36. The Bertz CT molecular complexity index is 1470. The monoisotopic (exact) mass is 590 g/mol. The molecule has 9 heteroatoms. The smallest absolute Gasteiger partial charge is 0.329 e. The molecular weight excluding hydrogens is 563 g/mol. The summed E-state index contributed by atoms with van der Waals surface area (Å²) in [7, 11) is 0. The number of ether oxygens (including phenoxy) is 1. The van der Waals surface area contributed by atoms with Crippen LogP contribution < -0.4 is 5.32 Å². The lowest BCUT2D eigenvalue weighted by molar-refractivity contribution is -0.160. The molecule has 1 heterocycles. The highest BCUT2D eigenvalue weighted by Gasteiger charge is 2.63. The van der Waals surface area contributed by atoms with Crippen LogP contribution in [0.25, 0.3) is 0 Å². The zero-order valence-electron chi connectivity index (χ0n) is 22.5. The van der Waals surface area contributed by atoms with Gasteiger partial charge in [0.05, 0.1) is 22.5 Å². The van der Waals surface area contributed by atoms with E-state index in [0.29, 0.717) is 10.7 Å². The van der Waals surface area contributed by atoms with Gasteiger partial charge in [-0.1, -0.05) is 85.6 Å². The summed E-state index contributed by atoms with van der Waals surface area (Å²) in [6, 6.07) is 19.4. The van der Waals surface area contributed by atoms with Gasteiger partial charge in [-0.05, 0) is 52.8 Å². The van der Waals surface area contributed by atoms with Gasteiger partial charge in [-0.2, -0.15) is 0 Å². The van der Waals surface area contributed by atoms with Crippen LogP contribution >= 0.6 is 23.2 Å². The van der Waals surface area contributed by atoms with Gasteiger partial charge in [-0.25, -0.2) is 4.79 Å². The van der Waals surface area contributed by atoms with E-state index in [-0.39, 0.29) is 41.0 Å². The van der Waals surface area contributed by atoms with E-state index >= 15 is 0 Å². The molecule has 0 spiro atoms. The minimum atomic E-state index is -1.14. The molecule has 3 aromatic carbocycles. The topological polar surface area (TPSA) is 92.8 Å². The van der Waals surface area contributed by atoms with Gasteiger partial charge in [0.1, 0.15) is 6.04 Å². The molecule has 0 radical (unpaired) electrons. The highest BCUT2D eigenvalue weighted by atomic mass is 35.5. The van der Waals surface area contributed by atoms with E-state index in [1.807, 2.05) is 62.4 Å². The number of anilines is 1. The molecule has 3 aromatic rings. The third-order valence-electron chi connectivity index (χ3n) is 8.31. The maximum Gasteiger partial charge on any atom is 0.329 e. The van der Waals surface area contributed by atoms with Crippen LogP contribution in [0.1, 0.15) is 54.4 Å². The summed E-state index contributed by atoms with van der Waals surface area (Å²) in [5.74, 6) is -3.90. The fraction of sp³-hybridized carbons (Fsp3) is 0.312. The van der Waals surface area contributed by atoms with Crippen molar-refractivity contribution >= 4 is 52.6 Å². The lowest BCUT2D eigenvalue weighted by atomic mass is 9.55. The lowest BCUT2D eigenvalue weighted by Gasteiger charge is -2.45. The quantitative estimate of drug-likeness (QED) is 0.278. The molecule has 3 amide bonds. The summed E-state index contributed by atoms with van der Waals surface area (Å²) in [6.07, 6.45) is 0.218. The molecule has 210 valence electrons. The number of esters is 1. The Morgan fingerprint density at radius 3 is 1.83 bits per heavy atom. The van der Waals surface area contributed by atoms with E-state index in [1.165, 1.54) is 6.07 Å². The number of hydrogen-bond acceptors (Lipinski definition) is 5. The van der Waals surface area contributed by atoms with Gasteiger partial charge in [-0.3, -0.25) is 19.3 Å². The second-order valence-electron chi connectivity index (χ2n) is 11.2. The largest absolute Gasteiger partial charge is 0.454 e. The van der Waals surface area contributed by atoms with E-state index in [0.717, 1.165) is 27.2 Å². The SMILES string of the molecule is CC(C)C[C@H](C(=O)OCC(=O)Nc1ccc(Cl)cc1Cl)N1C(=O)[C@H]2C3c4ccccc4C(c4ccccc43)[C@@H]2C1=O. The van der Waals surface area contributed by atoms with Gasteiger partial charge < -0.3 is 10.1 Å². The summed E-state index contributed by atoms with van der Waals surface area (Å²) in [4.78, 5) is 55.4. The molecule has 1 N–H and O–H groups in total. The minimum Gasteiger partial charge on any atom is -0.454 e. The predicted octanol–water partition coefficient (Wildman–Crippen LogP) is 5.78. The number of rotatable bonds is 7. The van der Waals surface area contributed by atoms with Gasteiger partial charge in [0.2, 0.25) is 11.8 Å². The summed E-state index contributed by atoms with van der Waals surface area (Å²) in [5, 5.41) is 3.24. The van der Waals surface area contributed by atoms with E-state index < -0.39 is 36.4 Å². The molecular formula is C32H28Cl2N2O5. The Labute approximate surface area is 247 Å². The molecule has 7 nitrogen and oxygen atoms in total. The average molecular weight is 591 g/mol. The normalized spacial score (nSPS) is 22.7. The number of hydrogen-bond donors (Lipinski definition) is 1. The van der Waals surface area contributed by atoms with Crippen molar-refractivity contribution in [1.82, 2.24) is 4.90 Å². The molecule has 1 aliphatic heterocycles. The first-order chi connectivity index (χ1) is 19.7. The molecule has 2 bridgehead atoms. The standard InChI is InChI=1S/C32H28Cl2N2O5/c1-16(2)13-24(32(40)41-15-25(37)35-23-12-11-17(33)14-22(23)34)36-30(38)28-26-18-7-3-4-8-19(18)27(29(28)31(36)39)21-10-6-5-9-20(21)26/h3-12,14,16,24,26-29H,13,15H2,1-2H3,(H,35,37)/t24-,26?,27?,28+,29+/m1/s1. The molecule has 3 atom stereocenters. The van der Waals surface area contributed by atoms with Crippen molar-refractivity contribution in [2.45, 2.75) is 38.1 Å². The molecule has 41 heavy (non-hydrogen) atoms. The zero-order valence-corrected chi connectivity index (χ0v) is 24.0. The maximum absolute atomic E-state index is 14.1. The van der Waals surface area contributed by atoms with Crippen molar-refractivity contribution in [2.24, 2.45) is 17.8 Å². The van der Waals surface area contributed by atoms with E-state index in [4.69, 9.17) is 27.9 Å². The van der Waals surface area contributed by atoms with E-state index in [1.54, 1.807) is 12.1 Å². The number of halogens is 2. The van der Waals surface area contributed by atoms with Crippen molar-refractivity contribution < 1.29 is 23.9 Å². The number of nitrogens with zero attached hydrogens (tertiary/aromatic N) is 1. The Morgan fingerprint density at radius 2 is 1.37 bits per heavy atom. The fourth-order valence-electron chi connectivity index (χ4n) is 6.77. The van der Waals surface area contributed by atoms with Crippen LogP contribution in [0.4, 0.5) is 5.69 Å². The lowest BCUT2D eigenvalue weighted by Crippen LogP contribution is -2.47. The third-order valence-corrected chi connectivity index (χ3v) is 8.86. The van der Waals surface area contributed by atoms with Crippen LogP contribution in [-0.2, 0) is 23.9 Å². The number of carbonyl (C=O) groups is 4. The first-order valence-electron chi connectivity index (χ1n) is 13.6. The van der Waals surface area contributed by atoms with Gasteiger partial charge in [0.25, 0.3) is 5.91 Å². The second-order valence-corrected chi connectivity index (χ2v) is 12.1. The summed E-state index contributed by atoms with van der Waals surface area (Å²) in [5.41, 5.74) is 4.54. The average Bonchev–Trinajstić information content (AvgIpc) is 3.22. The molecule has 4 aliphatic rings. The number of amides is 3. The zero-order chi connectivity index (χ0) is 29.0. The first kappa shape index (κ1) is 27.5. The maximum atomic E-state index is 14.1. The first-order valence-corrected chi connectivity index (χ1v) is 14.4.